The van der Waals surface area contributed by atoms with E-state index in [-0.39, 0.29) is 18.1 Å². The monoisotopic (exact) mass is 327 g/mol. The zero-order valence-corrected chi connectivity index (χ0v) is 12.1. The molecule has 1 aromatic carbocycles. The Morgan fingerprint density at radius 1 is 1.17 bits per heavy atom. The zero-order chi connectivity index (χ0) is 13.8. The molecular formula is C11H9Cl4NO2. The molecule has 1 aromatic rings. The molecule has 0 bridgehead atoms. The number of ketones is 1. The molecule has 0 saturated carbocycles. The number of amides is 1. The summed E-state index contributed by atoms with van der Waals surface area (Å²) in [6.45, 7) is 0. The van der Waals surface area contributed by atoms with E-state index in [9.17, 15) is 9.59 Å². The van der Waals surface area contributed by atoms with E-state index >= 15 is 0 Å². The lowest BCUT2D eigenvalue weighted by Crippen LogP contribution is -2.19. The zero-order valence-electron chi connectivity index (χ0n) is 9.05. The molecule has 98 valence electrons. The van der Waals surface area contributed by atoms with Crippen LogP contribution in [-0.4, -0.2) is 17.6 Å². The molecule has 18 heavy (non-hydrogen) atoms. The largest absolute Gasteiger partial charge is 0.325 e. The highest BCUT2D eigenvalue weighted by molar-refractivity contribution is 6.67. The fourth-order valence-corrected chi connectivity index (χ4v) is 1.85. The van der Waals surface area contributed by atoms with Crippen molar-refractivity contribution in [1.82, 2.24) is 0 Å². The van der Waals surface area contributed by atoms with Gasteiger partial charge in [0.05, 0.1) is 12.3 Å². The van der Waals surface area contributed by atoms with Gasteiger partial charge < -0.3 is 5.32 Å². The van der Waals surface area contributed by atoms with Gasteiger partial charge in [-0.05, 0) is 6.07 Å². The number of carbonyl (C=O) groups excluding carboxylic acids is 2. The molecule has 0 spiro atoms. The SMILES string of the molecule is O=C(CCl)CC(=O)Nc1ccccc1C(Cl)(Cl)Cl. The van der Waals surface area contributed by atoms with Crippen LogP contribution in [-0.2, 0) is 13.4 Å². The first-order valence-electron chi connectivity index (χ1n) is 4.88. The Bertz CT molecular complexity index is 457. The summed E-state index contributed by atoms with van der Waals surface area (Å²) < 4.78 is -1.65. The second-order valence-electron chi connectivity index (χ2n) is 3.44. The molecule has 0 aliphatic heterocycles. The Morgan fingerprint density at radius 2 is 1.78 bits per heavy atom. The van der Waals surface area contributed by atoms with Crippen LogP contribution in [0.5, 0.6) is 0 Å². The average molecular weight is 329 g/mol. The number of hydrogen-bond donors (Lipinski definition) is 1. The molecule has 0 aliphatic rings. The van der Waals surface area contributed by atoms with Gasteiger partial charge in [0.25, 0.3) is 0 Å². The van der Waals surface area contributed by atoms with Crippen molar-refractivity contribution >= 4 is 63.8 Å². The molecule has 0 fully saturated rings. The van der Waals surface area contributed by atoms with E-state index in [2.05, 4.69) is 5.32 Å². The van der Waals surface area contributed by atoms with Crippen molar-refractivity contribution in [2.75, 3.05) is 11.2 Å². The van der Waals surface area contributed by atoms with Crippen LogP contribution in [0.25, 0.3) is 0 Å². The van der Waals surface area contributed by atoms with Gasteiger partial charge in [-0.1, -0.05) is 53.0 Å². The maximum atomic E-state index is 11.5. The first-order chi connectivity index (χ1) is 8.34. The summed E-state index contributed by atoms with van der Waals surface area (Å²) in [6.07, 6.45) is -0.308. The van der Waals surface area contributed by atoms with Gasteiger partial charge >= 0.3 is 0 Å². The summed E-state index contributed by atoms with van der Waals surface area (Å²) in [4.78, 5) is 22.6. The van der Waals surface area contributed by atoms with Crippen molar-refractivity contribution in [3.63, 3.8) is 0 Å². The van der Waals surface area contributed by atoms with Crippen LogP contribution in [0, 0.1) is 0 Å². The van der Waals surface area contributed by atoms with Crippen LogP contribution in [0.1, 0.15) is 12.0 Å². The van der Waals surface area contributed by atoms with Gasteiger partial charge in [0.1, 0.15) is 0 Å². The highest BCUT2D eigenvalue weighted by atomic mass is 35.6. The lowest BCUT2D eigenvalue weighted by molar-refractivity contribution is -0.124. The van der Waals surface area contributed by atoms with Crippen LogP contribution in [0.3, 0.4) is 0 Å². The second-order valence-corrected chi connectivity index (χ2v) is 5.99. The molecule has 7 heteroatoms. The van der Waals surface area contributed by atoms with E-state index in [1.54, 1.807) is 24.3 Å². The van der Waals surface area contributed by atoms with Crippen LogP contribution < -0.4 is 5.32 Å². The van der Waals surface area contributed by atoms with Crippen molar-refractivity contribution in [3.05, 3.63) is 29.8 Å². The third-order valence-electron chi connectivity index (χ3n) is 2.01. The predicted molar refractivity (Wildman–Crippen MR) is 74.7 cm³/mol. The fourth-order valence-electron chi connectivity index (χ4n) is 1.26. The number of halogens is 4. The number of benzene rings is 1. The second kappa shape index (κ2) is 6.62. The normalized spacial score (nSPS) is 11.1. The lowest BCUT2D eigenvalue weighted by atomic mass is 10.2. The molecular weight excluding hydrogens is 320 g/mol. The fraction of sp³-hybridized carbons (Fsp3) is 0.273. The molecule has 0 aromatic heterocycles. The Balaban J connectivity index is 2.85. The maximum Gasteiger partial charge on any atom is 0.231 e. The van der Waals surface area contributed by atoms with E-state index in [4.69, 9.17) is 46.4 Å². The predicted octanol–water partition coefficient (Wildman–Crippen LogP) is 3.65. The van der Waals surface area contributed by atoms with Crippen LogP contribution in [0.2, 0.25) is 0 Å². The molecule has 1 N–H and O–H groups in total. The third-order valence-corrected chi connectivity index (χ3v) is 2.92. The summed E-state index contributed by atoms with van der Waals surface area (Å²) >= 11 is 22.6. The van der Waals surface area contributed by atoms with E-state index in [1.165, 1.54) is 0 Å². The number of para-hydroxylation sites is 1. The van der Waals surface area contributed by atoms with Gasteiger partial charge in [0.2, 0.25) is 9.70 Å². The number of Topliss-reactive ketones (excluding diaryl/α,β-unsaturated/α-hetero) is 1. The van der Waals surface area contributed by atoms with Crippen LogP contribution >= 0.6 is 46.4 Å². The Hall–Kier alpha value is -0.480. The first-order valence-corrected chi connectivity index (χ1v) is 6.55. The van der Waals surface area contributed by atoms with Crippen molar-refractivity contribution in [3.8, 4) is 0 Å². The molecule has 3 nitrogen and oxygen atoms in total. The number of hydrogen-bond acceptors (Lipinski definition) is 2. The summed E-state index contributed by atoms with van der Waals surface area (Å²) in [7, 11) is 0. The molecule has 0 saturated heterocycles. The summed E-state index contributed by atoms with van der Waals surface area (Å²) in [5.41, 5.74) is 0.687. The molecule has 0 aliphatic carbocycles. The summed E-state index contributed by atoms with van der Waals surface area (Å²) in [6, 6.07) is 6.52. The smallest absolute Gasteiger partial charge is 0.231 e. The Labute approximate surface area is 124 Å². The van der Waals surface area contributed by atoms with Gasteiger partial charge in [-0.25, -0.2) is 0 Å². The first kappa shape index (κ1) is 15.6. The van der Waals surface area contributed by atoms with Crippen molar-refractivity contribution in [2.45, 2.75) is 10.2 Å². The van der Waals surface area contributed by atoms with Gasteiger partial charge in [-0.15, -0.1) is 11.6 Å². The van der Waals surface area contributed by atoms with Gasteiger partial charge in [-0.2, -0.15) is 0 Å². The molecule has 0 atom stereocenters. The number of anilines is 1. The van der Waals surface area contributed by atoms with Crippen molar-refractivity contribution in [2.24, 2.45) is 0 Å². The van der Waals surface area contributed by atoms with Crippen molar-refractivity contribution < 1.29 is 9.59 Å². The molecule has 1 rings (SSSR count). The maximum absolute atomic E-state index is 11.5. The number of alkyl halides is 4. The third kappa shape index (κ3) is 4.65. The van der Waals surface area contributed by atoms with E-state index in [0.29, 0.717) is 11.3 Å². The minimum atomic E-state index is -1.65. The molecule has 0 unspecified atom stereocenters. The summed E-state index contributed by atoms with van der Waals surface area (Å²) in [5.74, 6) is -1.08. The van der Waals surface area contributed by atoms with E-state index in [0.717, 1.165) is 0 Å². The quantitative estimate of drug-likeness (QED) is 0.677. The van der Waals surface area contributed by atoms with Gasteiger partial charge in [0.15, 0.2) is 5.78 Å². The molecule has 0 heterocycles. The highest BCUT2D eigenvalue weighted by Gasteiger charge is 2.26. The Kier molecular flexibility index (Phi) is 5.73. The van der Waals surface area contributed by atoms with Crippen LogP contribution in [0.15, 0.2) is 24.3 Å². The summed E-state index contributed by atoms with van der Waals surface area (Å²) in [5, 5.41) is 2.51. The minimum Gasteiger partial charge on any atom is -0.325 e. The van der Waals surface area contributed by atoms with Gasteiger partial charge in [0, 0.05) is 11.3 Å². The molecule has 0 radical (unpaired) electrons. The minimum absolute atomic E-state index is 0.209. The Morgan fingerprint density at radius 3 is 2.33 bits per heavy atom. The van der Waals surface area contributed by atoms with Gasteiger partial charge in [-0.3, -0.25) is 9.59 Å². The van der Waals surface area contributed by atoms with Crippen molar-refractivity contribution in [1.29, 1.82) is 0 Å². The lowest BCUT2D eigenvalue weighted by Gasteiger charge is -2.16. The van der Waals surface area contributed by atoms with E-state index < -0.39 is 9.70 Å². The van der Waals surface area contributed by atoms with Crippen LogP contribution in [0.4, 0.5) is 5.69 Å². The average Bonchev–Trinajstić information content (AvgIpc) is 2.27. The topological polar surface area (TPSA) is 46.2 Å². The number of carbonyl (C=O) groups is 2. The highest BCUT2D eigenvalue weighted by Crippen LogP contribution is 2.41. The molecule has 1 amide bonds. The number of rotatable bonds is 4. The van der Waals surface area contributed by atoms with E-state index in [1.807, 2.05) is 0 Å². The number of nitrogens with one attached hydrogen (secondary N) is 1. The standard InChI is InChI=1S/C11H9Cl4NO2/c12-6-7(17)5-10(18)16-9-4-2-1-3-8(9)11(13,14)15/h1-4H,5-6H2,(H,16,18).